The zero-order valence-electron chi connectivity index (χ0n) is 13.0. The summed E-state index contributed by atoms with van der Waals surface area (Å²) in [4.78, 5) is 5.27. The van der Waals surface area contributed by atoms with Crippen molar-refractivity contribution >= 4 is 0 Å². The van der Waals surface area contributed by atoms with Crippen molar-refractivity contribution in [2.24, 2.45) is 0 Å². The SMILES string of the molecule is COCCCN1CCN(C2CCC(C)(C)NC2)CC1. The number of piperidine rings is 1. The molecule has 0 radical (unpaired) electrons. The molecule has 2 heterocycles. The van der Waals surface area contributed by atoms with E-state index in [0.29, 0.717) is 5.54 Å². The van der Waals surface area contributed by atoms with E-state index in [-0.39, 0.29) is 0 Å². The molecular weight excluding hydrogens is 238 g/mol. The topological polar surface area (TPSA) is 27.7 Å². The Hall–Kier alpha value is -0.160. The zero-order valence-corrected chi connectivity index (χ0v) is 13.0. The summed E-state index contributed by atoms with van der Waals surface area (Å²) in [6.45, 7) is 12.8. The molecule has 2 fully saturated rings. The first kappa shape index (κ1) is 15.2. The summed E-state index contributed by atoms with van der Waals surface area (Å²) in [5.41, 5.74) is 0.346. The number of nitrogens with one attached hydrogen (secondary N) is 1. The molecule has 4 heteroatoms. The highest BCUT2D eigenvalue weighted by atomic mass is 16.5. The second-order valence-electron chi connectivity index (χ2n) is 6.68. The maximum absolute atomic E-state index is 5.12. The van der Waals surface area contributed by atoms with Crippen molar-refractivity contribution in [3.05, 3.63) is 0 Å². The predicted molar refractivity (Wildman–Crippen MR) is 79.6 cm³/mol. The van der Waals surface area contributed by atoms with Gasteiger partial charge in [-0.15, -0.1) is 0 Å². The first-order valence-electron chi connectivity index (χ1n) is 7.81. The molecule has 0 aromatic rings. The molecule has 19 heavy (non-hydrogen) atoms. The molecule has 4 nitrogen and oxygen atoms in total. The summed E-state index contributed by atoms with van der Waals surface area (Å²) < 4.78 is 5.12. The van der Waals surface area contributed by atoms with Crippen molar-refractivity contribution in [2.75, 3.05) is 53.0 Å². The average Bonchev–Trinajstić information content (AvgIpc) is 2.40. The van der Waals surface area contributed by atoms with Gasteiger partial charge in [0.2, 0.25) is 0 Å². The summed E-state index contributed by atoms with van der Waals surface area (Å²) in [5.74, 6) is 0. The van der Waals surface area contributed by atoms with E-state index in [4.69, 9.17) is 4.74 Å². The van der Waals surface area contributed by atoms with Crippen molar-refractivity contribution in [3.63, 3.8) is 0 Å². The Labute approximate surface area is 118 Å². The van der Waals surface area contributed by atoms with Crippen LogP contribution < -0.4 is 5.32 Å². The van der Waals surface area contributed by atoms with E-state index >= 15 is 0 Å². The molecule has 0 saturated carbocycles. The van der Waals surface area contributed by atoms with Gasteiger partial charge >= 0.3 is 0 Å². The van der Waals surface area contributed by atoms with Crippen LogP contribution in [0.25, 0.3) is 0 Å². The predicted octanol–water partition coefficient (Wildman–Crippen LogP) is 1.17. The molecule has 2 aliphatic heterocycles. The lowest BCUT2D eigenvalue weighted by atomic mass is 9.90. The third kappa shape index (κ3) is 4.71. The highest BCUT2D eigenvalue weighted by Gasteiger charge is 2.30. The molecule has 0 bridgehead atoms. The molecule has 2 rings (SSSR count). The Morgan fingerprint density at radius 1 is 1.21 bits per heavy atom. The normalized spacial score (nSPS) is 29.5. The van der Waals surface area contributed by atoms with Gasteiger partial charge in [-0.3, -0.25) is 4.90 Å². The van der Waals surface area contributed by atoms with Gasteiger partial charge in [0.15, 0.2) is 0 Å². The van der Waals surface area contributed by atoms with E-state index in [1.54, 1.807) is 7.11 Å². The van der Waals surface area contributed by atoms with Crippen molar-refractivity contribution in [1.29, 1.82) is 0 Å². The number of nitrogens with zero attached hydrogens (tertiary/aromatic N) is 2. The molecular formula is C15H31N3O. The minimum Gasteiger partial charge on any atom is -0.385 e. The highest BCUT2D eigenvalue weighted by molar-refractivity contribution is 4.90. The fraction of sp³-hybridized carbons (Fsp3) is 1.00. The zero-order chi connectivity index (χ0) is 13.7. The Morgan fingerprint density at radius 3 is 2.53 bits per heavy atom. The third-order valence-electron chi connectivity index (χ3n) is 4.66. The molecule has 1 atom stereocenters. The lowest BCUT2D eigenvalue weighted by Crippen LogP contribution is -2.58. The average molecular weight is 269 g/mol. The summed E-state index contributed by atoms with van der Waals surface area (Å²) in [6.07, 6.45) is 3.81. The first-order valence-corrected chi connectivity index (χ1v) is 7.81. The molecule has 0 amide bonds. The van der Waals surface area contributed by atoms with Crippen LogP contribution in [0.15, 0.2) is 0 Å². The van der Waals surface area contributed by atoms with Crippen molar-refractivity contribution < 1.29 is 4.74 Å². The Balaban J connectivity index is 1.66. The standard InChI is InChI=1S/C15H31N3O/c1-15(2)6-5-14(13-16-15)18-10-8-17(9-11-18)7-4-12-19-3/h14,16H,4-13H2,1-3H3. The second-order valence-corrected chi connectivity index (χ2v) is 6.68. The van der Waals surface area contributed by atoms with Crippen molar-refractivity contribution in [2.45, 2.75) is 44.7 Å². The van der Waals surface area contributed by atoms with Gasteiger partial charge < -0.3 is 15.0 Å². The molecule has 0 aliphatic carbocycles. The number of rotatable bonds is 5. The van der Waals surface area contributed by atoms with Crippen molar-refractivity contribution in [1.82, 2.24) is 15.1 Å². The van der Waals surface area contributed by atoms with Crippen LogP contribution in [0.4, 0.5) is 0 Å². The van der Waals surface area contributed by atoms with Crippen LogP contribution in [0.2, 0.25) is 0 Å². The van der Waals surface area contributed by atoms with Crippen LogP contribution in [-0.2, 0) is 4.74 Å². The van der Waals surface area contributed by atoms with Crippen LogP contribution in [-0.4, -0.2) is 74.4 Å². The van der Waals surface area contributed by atoms with Crippen molar-refractivity contribution in [3.8, 4) is 0 Å². The van der Waals surface area contributed by atoms with Gasteiger partial charge in [0.05, 0.1) is 0 Å². The largest absolute Gasteiger partial charge is 0.385 e. The van der Waals surface area contributed by atoms with E-state index in [2.05, 4.69) is 29.0 Å². The van der Waals surface area contributed by atoms with E-state index in [9.17, 15) is 0 Å². The Bertz CT molecular complexity index is 252. The van der Waals surface area contributed by atoms with Gasteiger partial charge in [0.25, 0.3) is 0 Å². The second kappa shape index (κ2) is 7.02. The van der Waals surface area contributed by atoms with Gasteiger partial charge in [-0.25, -0.2) is 0 Å². The fourth-order valence-corrected chi connectivity index (χ4v) is 3.21. The molecule has 0 aromatic heterocycles. The summed E-state index contributed by atoms with van der Waals surface area (Å²) in [5, 5.41) is 3.69. The van der Waals surface area contributed by atoms with E-state index in [1.165, 1.54) is 45.6 Å². The number of hydrogen-bond donors (Lipinski definition) is 1. The van der Waals surface area contributed by atoms with Gasteiger partial charge in [0.1, 0.15) is 0 Å². The van der Waals surface area contributed by atoms with Crippen LogP contribution >= 0.6 is 0 Å². The highest BCUT2D eigenvalue weighted by Crippen LogP contribution is 2.22. The number of ether oxygens (including phenoxy) is 1. The number of hydrogen-bond acceptors (Lipinski definition) is 4. The van der Waals surface area contributed by atoms with Gasteiger partial charge in [-0.05, 0) is 33.1 Å². The van der Waals surface area contributed by atoms with E-state index < -0.39 is 0 Å². The maximum Gasteiger partial charge on any atom is 0.0474 e. The molecule has 0 spiro atoms. The smallest absolute Gasteiger partial charge is 0.0474 e. The summed E-state index contributed by atoms with van der Waals surface area (Å²) in [6, 6.07) is 0.758. The van der Waals surface area contributed by atoms with Gasteiger partial charge in [-0.1, -0.05) is 0 Å². The van der Waals surface area contributed by atoms with Crippen LogP contribution in [0.3, 0.4) is 0 Å². The minimum absolute atomic E-state index is 0.346. The summed E-state index contributed by atoms with van der Waals surface area (Å²) in [7, 11) is 1.79. The van der Waals surface area contributed by atoms with E-state index in [0.717, 1.165) is 25.6 Å². The lowest BCUT2D eigenvalue weighted by Gasteiger charge is -2.44. The Morgan fingerprint density at radius 2 is 1.95 bits per heavy atom. The Kier molecular flexibility index (Phi) is 5.63. The molecule has 112 valence electrons. The quantitative estimate of drug-likeness (QED) is 0.758. The minimum atomic E-state index is 0.346. The number of methoxy groups -OCH3 is 1. The molecule has 2 saturated heterocycles. The molecule has 0 aromatic carbocycles. The third-order valence-corrected chi connectivity index (χ3v) is 4.66. The summed E-state index contributed by atoms with van der Waals surface area (Å²) >= 11 is 0. The lowest BCUT2D eigenvalue weighted by molar-refractivity contribution is 0.0659. The maximum atomic E-state index is 5.12. The van der Waals surface area contributed by atoms with Crippen LogP contribution in [0.1, 0.15) is 33.1 Å². The van der Waals surface area contributed by atoms with Crippen LogP contribution in [0.5, 0.6) is 0 Å². The monoisotopic (exact) mass is 269 g/mol. The van der Waals surface area contributed by atoms with Crippen LogP contribution in [0, 0.1) is 0 Å². The molecule has 2 aliphatic rings. The molecule has 1 unspecified atom stereocenters. The molecule has 1 N–H and O–H groups in total. The van der Waals surface area contributed by atoms with Gasteiger partial charge in [-0.2, -0.15) is 0 Å². The number of piperazine rings is 1. The fourth-order valence-electron chi connectivity index (χ4n) is 3.21. The van der Waals surface area contributed by atoms with Gasteiger partial charge in [0, 0.05) is 64.6 Å². The van der Waals surface area contributed by atoms with E-state index in [1.807, 2.05) is 0 Å². The first-order chi connectivity index (χ1) is 9.11.